The molecule has 0 radical (unpaired) electrons. The zero-order valence-electron chi connectivity index (χ0n) is 41.5. The van der Waals surface area contributed by atoms with E-state index in [9.17, 15) is 9.59 Å². The zero-order valence-corrected chi connectivity index (χ0v) is 45.1. The Balaban J connectivity index is 1.37. The molecule has 65 heavy (non-hydrogen) atoms. The summed E-state index contributed by atoms with van der Waals surface area (Å²) >= 11 is 3.60. The lowest BCUT2D eigenvalue weighted by molar-refractivity contribution is -0.165. The number of benzene rings is 3. The molecule has 3 aromatic rings. The van der Waals surface area contributed by atoms with Crippen molar-refractivity contribution in [2.24, 2.45) is 10.8 Å². The van der Waals surface area contributed by atoms with Crippen LogP contribution in [0.5, 0.6) is 5.75 Å². The van der Waals surface area contributed by atoms with Crippen LogP contribution in [0.4, 0.5) is 0 Å². The van der Waals surface area contributed by atoms with Gasteiger partial charge in [-0.2, -0.15) is 0 Å². The van der Waals surface area contributed by atoms with Crippen molar-refractivity contribution in [1.29, 1.82) is 0 Å². The predicted octanol–water partition coefficient (Wildman–Crippen LogP) is 12.0. The topological polar surface area (TPSA) is 89.5 Å². The average molecular weight is 990 g/mol. The number of halogens is 1. The normalized spacial score (nSPS) is 21.6. The fraction of sp³-hybridized carbons (Fsp3) is 0.556. The maximum Gasteiger partial charge on any atom is 0.308 e. The quantitative estimate of drug-likeness (QED) is 0.0667. The minimum Gasteiger partial charge on any atom is -0.497 e. The number of hydrogen-bond acceptors (Lipinski definition) is 8. The highest BCUT2D eigenvalue weighted by atomic mass is 79.9. The van der Waals surface area contributed by atoms with Crippen LogP contribution in [0.2, 0.25) is 23.2 Å². The molecule has 356 valence electrons. The van der Waals surface area contributed by atoms with Crippen molar-refractivity contribution >= 4 is 54.7 Å². The van der Waals surface area contributed by atoms with E-state index >= 15 is 0 Å². The summed E-state index contributed by atoms with van der Waals surface area (Å²) in [4.78, 5) is 30.4. The molecule has 0 N–H and O–H groups in total. The molecule has 0 bridgehead atoms. The van der Waals surface area contributed by atoms with Gasteiger partial charge in [-0.1, -0.05) is 176 Å². The first-order valence-corrected chi connectivity index (χ1v) is 29.2. The first-order valence-electron chi connectivity index (χ1n) is 23.4. The monoisotopic (exact) mass is 988 g/mol. The molecule has 5 atom stereocenters. The minimum absolute atomic E-state index is 0.0335. The summed E-state index contributed by atoms with van der Waals surface area (Å²) in [5.74, 6) is 0.481. The summed E-state index contributed by atoms with van der Waals surface area (Å²) in [5, 5.41) is 2.18. The van der Waals surface area contributed by atoms with Gasteiger partial charge in [-0.05, 0) is 69.1 Å². The summed E-state index contributed by atoms with van der Waals surface area (Å²) in [6.07, 6.45) is 4.92. The van der Waals surface area contributed by atoms with Gasteiger partial charge >= 0.3 is 5.97 Å². The third kappa shape index (κ3) is 13.7. The predicted molar refractivity (Wildman–Crippen MR) is 272 cm³/mol. The Bertz CT molecular complexity index is 2030. The molecule has 2 saturated heterocycles. The number of ketones is 1. The van der Waals surface area contributed by atoms with Crippen molar-refractivity contribution in [2.45, 2.75) is 168 Å². The van der Waals surface area contributed by atoms with E-state index in [0.717, 1.165) is 28.1 Å². The smallest absolute Gasteiger partial charge is 0.308 e. The molecular formula is C54H77BrO8Si2. The van der Waals surface area contributed by atoms with Gasteiger partial charge in [0.25, 0.3) is 8.32 Å². The van der Waals surface area contributed by atoms with Crippen LogP contribution in [0, 0.1) is 10.8 Å². The maximum absolute atomic E-state index is 14.8. The lowest BCUT2D eigenvalue weighted by atomic mass is 9.76. The lowest BCUT2D eigenvalue weighted by Gasteiger charge is -2.46. The Morgan fingerprint density at radius 2 is 1.42 bits per heavy atom. The fourth-order valence-electron chi connectivity index (χ4n) is 8.70. The van der Waals surface area contributed by atoms with E-state index in [1.54, 1.807) is 7.11 Å². The third-order valence-electron chi connectivity index (χ3n) is 13.9. The molecule has 0 amide bonds. The van der Waals surface area contributed by atoms with Gasteiger partial charge in [0.1, 0.15) is 17.6 Å². The van der Waals surface area contributed by atoms with Crippen LogP contribution < -0.4 is 15.1 Å². The summed E-state index contributed by atoms with van der Waals surface area (Å²) < 4.78 is 39.1. The summed E-state index contributed by atoms with van der Waals surface area (Å²) in [5.41, 5.74) is 0.994. The van der Waals surface area contributed by atoms with Gasteiger partial charge in [-0.25, -0.2) is 0 Å². The molecule has 0 aromatic heterocycles. The van der Waals surface area contributed by atoms with E-state index in [0.29, 0.717) is 25.9 Å². The average Bonchev–Trinajstić information content (AvgIpc) is 3.25. The zero-order chi connectivity index (χ0) is 47.8. The van der Waals surface area contributed by atoms with Gasteiger partial charge in [0.2, 0.25) is 0 Å². The standard InChI is InChI=1S/C54H77BrO8Si2/c1-51(2,3)64(12,13)60-38-53(7,8)29-28-42-30-40(36-55)31-43(61-42)33-48(56)54(9,10)49(59-37-39-24-26-41(58-11)27-25-39)34-44-32-45(35-50(57)62-44)63-65(52(4,5)6,46-20-16-14-17-21-46)47-22-18-15-19-23-47/h14-29,36,42-45,49H,30-35,37-38H2,1-13H3/b29-28+,40-36+/t42-,43-,44+,45+,49-/m0/s1. The molecule has 2 aliphatic heterocycles. The highest BCUT2D eigenvalue weighted by molar-refractivity contribution is 9.11. The minimum atomic E-state index is -2.97. The van der Waals surface area contributed by atoms with E-state index in [2.05, 4.69) is 145 Å². The van der Waals surface area contributed by atoms with Gasteiger partial charge in [-0.15, -0.1) is 0 Å². The van der Waals surface area contributed by atoms with Gasteiger partial charge in [0.15, 0.2) is 8.32 Å². The molecule has 0 aliphatic carbocycles. The molecule has 3 aromatic carbocycles. The van der Waals surface area contributed by atoms with Crippen LogP contribution in [0.15, 0.2) is 108 Å². The highest BCUT2D eigenvalue weighted by Gasteiger charge is 2.53. The molecule has 2 aliphatic rings. The van der Waals surface area contributed by atoms with E-state index in [-0.39, 0.29) is 58.9 Å². The van der Waals surface area contributed by atoms with Crippen LogP contribution in [0.3, 0.4) is 0 Å². The SMILES string of the molecule is COc1ccc(CO[C@@H](C[C@H]2C[C@@H](O[Si](c3ccccc3)(c3ccccc3)C(C)(C)C)CC(=O)O2)C(C)(C)C(=O)C[C@@H]2C/C(=C/Br)C[C@H](/C=C/C(C)(C)CO[Si](C)(C)C(C)(C)C)O2)cc1. The van der Waals surface area contributed by atoms with Crippen LogP contribution in [0.1, 0.15) is 113 Å². The largest absolute Gasteiger partial charge is 0.497 e. The molecule has 0 saturated carbocycles. The number of methoxy groups -OCH3 is 1. The number of Topliss-reactive ketones (excluding diaryl/α,β-unsaturated/α-hetero) is 1. The second kappa shape index (κ2) is 21.9. The second-order valence-corrected chi connectivity index (χ2v) is 31.6. The molecule has 8 nitrogen and oxygen atoms in total. The van der Waals surface area contributed by atoms with Crippen molar-refractivity contribution in [2.75, 3.05) is 13.7 Å². The van der Waals surface area contributed by atoms with Gasteiger partial charge < -0.3 is 27.8 Å². The van der Waals surface area contributed by atoms with Gasteiger partial charge in [0, 0.05) is 36.7 Å². The number of ether oxygens (including phenoxy) is 4. The molecule has 2 fully saturated rings. The van der Waals surface area contributed by atoms with E-state index in [4.69, 9.17) is 27.8 Å². The fourth-order valence-corrected chi connectivity index (χ4v) is 14.9. The van der Waals surface area contributed by atoms with E-state index < -0.39 is 40.4 Å². The first-order chi connectivity index (χ1) is 30.4. The maximum atomic E-state index is 14.8. The lowest BCUT2D eigenvalue weighted by Crippen LogP contribution is -2.68. The van der Waals surface area contributed by atoms with Crippen LogP contribution >= 0.6 is 15.9 Å². The Kier molecular flexibility index (Phi) is 17.7. The van der Waals surface area contributed by atoms with Crippen LogP contribution in [-0.2, 0) is 39.3 Å². The summed E-state index contributed by atoms with van der Waals surface area (Å²) in [6, 6.07) is 28.7. The third-order valence-corrected chi connectivity index (χ3v) is 24.1. The Labute approximate surface area is 401 Å². The number of hydrogen-bond donors (Lipinski definition) is 0. The number of carbonyl (C=O) groups excluding carboxylic acids is 2. The Hall–Kier alpha value is -3.17. The molecule has 0 spiro atoms. The van der Waals surface area contributed by atoms with Gasteiger partial charge in [0.05, 0.1) is 44.6 Å². The summed E-state index contributed by atoms with van der Waals surface area (Å²) in [7, 11) is -3.24. The highest BCUT2D eigenvalue weighted by Crippen LogP contribution is 2.42. The first kappa shape index (κ1) is 52.8. The second-order valence-electron chi connectivity index (χ2n) is 22.1. The Morgan fingerprint density at radius 3 is 1.95 bits per heavy atom. The van der Waals surface area contributed by atoms with Crippen molar-refractivity contribution in [3.63, 3.8) is 0 Å². The van der Waals surface area contributed by atoms with Crippen molar-refractivity contribution < 1.29 is 37.4 Å². The number of esters is 1. The van der Waals surface area contributed by atoms with Crippen LogP contribution in [-0.4, -0.2) is 72.6 Å². The molecule has 0 unspecified atom stereocenters. The summed E-state index contributed by atoms with van der Waals surface area (Å²) in [6.45, 7) is 27.3. The van der Waals surface area contributed by atoms with Crippen molar-refractivity contribution in [1.82, 2.24) is 0 Å². The van der Waals surface area contributed by atoms with E-state index in [1.165, 1.54) is 5.57 Å². The molecule has 2 heterocycles. The van der Waals surface area contributed by atoms with Crippen LogP contribution in [0.25, 0.3) is 0 Å². The van der Waals surface area contributed by atoms with Crippen molar-refractivity contribution in [3.8, 4) is 5.75 Å². The Morgan fingerprint density at radius 1 is 0.815 bits per heavy atom. The van der Waals surface area contributed by atoms with E-state index in [1.807, 2.05) is 55.2 Å². The molecular weight excluding hydrogens is 913 g/mol. The molecule has 5 rings (SSSR count). The number of carbonyl (C=O) groups is 2. The van der Waals surface area contributed by atoms with Crippen molar-refractivity contribution in [3.05, 3.63) is 113 Å². The molecule has 11 heteroatoms. The number of rotatable bonds is 19. The number of cyclic esters (lactones) is 1. The van der Waals surface area contributed by atoms with Gasteiger partial charge in [-0.3, -0.25) is 9.59 Å².